The maximum absolute atomic E-state index is 10.4. The molecule has 0 aliphatic heterocycles. The van der Waals surface area contributed by atoms with Crippen molar-refractivity contribution in [2.75, 3.05) is 5.75 Å². The van der Waals surface area contributed by atoms with E-state index in [-0.39, 0.29) is 5.75 Å². The van der Waals surface area contributed by atoms with Gasteiger partial charge in [0.2, 0.25) is 5.89 Å². The molecule has 0 spiro atoms. The number of aromatic nitrogens is 1. The Kier molecular flexibility index (Phi) is 4.28. The van der Waals surface area contributed by atoms with Gasteiger partial charge in [-0.25, -0.2) is 4.98 Å². The summed E-state index contributed by atoms with van der Waals surface area (Å²) in [4.78, 5) is 14.5. The number of carboxylic acids is 1. The van der Waals surface area contributed by atoms with Crippen molar-refractivity contribution in [1.82, 2.24) is 4.98 Å². The fraction of sp³-hybridized carbons (Fsp3) is 0.167. The van der Waals surface area contributed by atoms with Crippen molar-refractivity contribution in [1.29, 1.82) is 0 Å². The highest BCUT2D eigenvalue weighted by molar-refractivity contribution is 7.99. The van der Waals surface area contributed by atoms with Crippen molar-refractivity contribution in [2.45, 2.75) is 5.75 Å². The number of halogens is 1. The first-order valence-corrected chi connectivity index (χ1v) is 6.68. The van der Waals surface area contributed by atoms with E-state index < -0.39 is 5.97 Å². The van der Waals surface area contributed by atoms with E-state index in [9.17, 15) is 4.79 Å². The van der Waals surface area contributed by atoms with Crippen LogP contribution in [0.1, 0.15) is 5.89 Å². The second-order valence-electron chi connectivity index (χ2n) is 3.52. The van der Waals surface area contributed by atoms with Gasteiger partial charge in [-0.2, -0.15) is 0 Å². The van der Waals surface area contributed by atoms with E-state index >= 15 is 0 Å². The summed E-state index contributed by atoms with van der Waals surface area (Å²) in [5.74, 6) is 0.767. The molecular weight excluding hydrogens is 274 g/mol. The predicted molar refractivity (Wildman–Crippen MR) is 70.7 cm³/mol. The Morgan fingerprint density at radius 2 is 2.33 bits per heavy atom. The van der Waals surface area contributed by atoms with E-state index in [0.29, 0.717) is 22.4 Å². The smallest absolute Gasteiger partial charge is 0.313 e. The summed E-state index contributed by atoms with van der Waals surface area (Å²) < 4.78 is 5.52. The number of carbonyl (C=O) groups is 1. The normalized spacial score (nSPS) is 10.5. The van der Waals surface area contributed by atoms with Gasteiger partial charge in [-0.05, 0) is 12.1 Å². The molecule has 6 heteroatoms. The number of hydrogen-bond donors (Lipinski definition) is 1. The van der Waals surface area contributed by atoms with Gasteiger partial charge in [0.25, 0.3) is 0 Å². The molecule has 0 saturated carbocycles. The summed E-state index contributed by atoms with van der Waals surface area (Å²) in [7, 11) is 0. The van der Waals surface area contributed by atoms with Gasteiger partial charge >= 0.3 is 5.97 Å². The van der Waals surface area contributed by atoms with Crippen molar-refractivity contribution in [2.24, 2.45) is 0 Å². The summed E-state index contributed by atoms with van der Waals surface area (Å²) in [5.41, 5.74) is 0.851. The molecule has 2 aromatic rings. The summed E-state index contributed by atoms with van der Waals surface area (Å²) in [5, 5.41) is 9.15. The fourth-order valence-corrected chi connectivity index (χ4v) is 2.15. The Morgan fingerprint density at radius 1 is 1.50 bits per heavy atom. The number of carboxylic acid groups (broad SMARTS) is 1. The quantitative estimate of drug-likeness (QED) is 0.912. The summed E-state index contributed by atoms with van der Waals surface area (Å²) in [6.45, 7) is 0. The highest BCUT2D eigenvalue weighted by Gasteiger charge is 2.07. The number of nitrogens with zero attached hydrogens (tertiary/aromatic N) is 1. The molecule has 0 atom stereocenters. The van der Waals surface area contributed by atoms with Gasteiger partial charge in [-0.15, -0.1) is 11.8 Å². The Labute approximate surface area is 113 Å². The maximum atomic E-state index is 10.4. The lowest BCUT2D eigenvalue weighted by molar-refractivity contribution is -0.133. The lowest BCUT2D eigenvalue weighted by Crippen LogP contribution is -1.98. The monoisotopic (exact) mass is 283 g/mol. The van der Waals surface area contributed by atoms with E-state index in [1.54, 1.807) is 18.3 Å². The van der Waals surface area contributed by atoms with Gasteiger partial charge < -0.3 is 9.52 Å². The molecule has 0 amide bonds. The second-order valence-corrected chi connectivity index (χ2v) is 4.94. The minimum Gasteiger partial charge on any atom is -0.481 e. The van der Waals surface area contributed by atoms with E-state index in [4.69, 9.17) is 21.1 Å². The molecule has 18 heavy (non-hydrogen) atoms. The van der Waals surface area contributed by atoms with Crippen LogP contribution in [-0.4, -0.2) is 21.8 Å². The Morgan fingerprint density at radius 3 is 3.06 bits per heavy atom. The second kappa shape index (κ2) is 5.93. The van der Waals surface area contributed by atoms with Gasteiger partial charge in [-0.3, -0.25) is 4.79 Å². The van der Waals surface area contributed by atoms with E-state index in [1.165, 1.54) is 11.8 Å². The minimum atomic E-state index is -0.846. The van der Waals surface area contributed by atoms with Gasteiger partial charge in [-0.1, -0.05) is 23.7 Å². The molecule has 0 aliphatic carbocycles. The first-order chi connectivity index (χ1) is 8.65. The van der Waals surface area contributed by atoms with Crippen LogP contribution in [0.3, 0.4) is 0 Å². The van der Waals surface area contributed by atoms with Gasteiger partial charge in [0, 0.05) is 10.6 Å². The molecule has 4 nitrogen and oxygen atoms in total. The predicted octanol–water partition coefficient (Wildman–Crippen LogP) is 3.31. The molecule has 1 aromatic heterocycles. The Balaban J connectivity index is 2.04. The van der Waals surface area contributed by atoms with Crippen molar-refractivity contribution >= 4 is 29.3 Å². The first-order valence-electron chi connectivity index (χ1n) is 5.15. The zero-order chi connectivity index (χ0) is 13.0. The molecule has 0 saturated heterocycles. The van der Waals surface area contributed by atoms with Crippen LogP contribution >= 0.6 is 23.4 Å². The molecule has 2 rings (SSSR count). The minimum absolute atomic E-state index is 0.0366. The van der Waals surface area contributed by atoms with Crippen molar-refractivity contribution in [3.8, 4) is 11.3 Å². The summed E-state index contributed by atoms with van der Waals surface area (Å²) in [6, 6.07) is 7.28. The van der Waals surface area contributed by atoms with Crippen LogP contribution in [0.5, 0.6) is 0 Å². The molecule has 0 aliphatic rings. The molecule has 1 N–H and O–H groups in total. The van der Waals surface area contributed by atoms with Crippen molar-refractivity contribution in [3.63, 3.8) is 0 Å². The van der Waals surface area contributed by atoms with Crippen molar-refractivity contribution in [3.05, 3.63) is 41.4 Å². The van der Waals surface area contributed by atoms with E-state index in [1.807, 2.05) is 12.1 Å². The number of oxazole rings is 1. The summed E-state index contributed by atoms with van der Waals surface area (Å²) >= 11 is 7.13. The van der Waals surface area contributed by atoms with E-state index in [2.05, 4.69) is 4.98 Å². The molecule has 0 unspecified atom stereocenters. The molecule has 94 valence electrons. The molecule has 1 heterocycles. The number of rotatable bonds is 5. The number of hydrogen-bond acceptors (Lipinski definition) is 4. The van der Waals surface area contributed by atoms with Crippen LogP contribution in [0.4, 0.5) is 0 Å². The zero-order valence-electron chi connectivity index (χ0n) is 9.30. The maximum Gasteiger partial charge on any atom is 0.313 e. The van der Waals surface area contributed by atoms with Gasteiger partial charge in [0.1, 0.15) is 0 Å². The van der Waals surface area contributed by atoms with Gasteiger partial charge in [0.15, 0.2) is 5.76 Å². The molecular formula is C12H10ClNO3S. The standard InChI is InChI=1S/C12H10ClNO3S/c13-9-3-1-2-8(4-9)10-5-14-11(17-10)6-18-7-12(15)16/h1-5H,6-7H2,(H,15,16). The van der Waals surface area contributed by atoms with Crippen molar-refractivity contribution < 1.29 is 14.3 Å². The number of aliphatic carboxylic acids is 1. The Hall–Kier alpha value is -1.46. The van der Waals surface area contributed by atoms with Crippen LogP contribution in [0.15, 0.2) is 34.9 Å². The lowest BCUT2D eigenvalue weighted by Gasteiger charge is -1.97. The van der Waals surface area contributed by atoms with Gasteiger partial charge in [0.05, 0.1) is 17.7 Å². The van der Waals surface area contributed by atoms with Crippen LogP contribution in [0.2, 0.25) is 5.02 Å². The van der Waals surface area contributed by atoms with E-state index in [0.717, 1.165) is 5.56 Å². The molecule has 0 radical (unpaired) electrons. The highest BCUT2D eigenvalue weighted by Crippen LogP contribution is 2.24. The van der Waals surface area contributed by atoms with Crippen LogP contribution in [0, 0.1) is 0 Å². The SMILES string of the molecule is O=C(O)CSCc1ncc(-c2cccc(Cl)c2)o1. The average Bonchev–Trinajstić information content (AvgIpc) is 2.77. The zero-order valence-corrected chi connectivity index (χ0v) is 10.9. The number of benzene rings is 1. The number of thioether (sulfide) groups is 1. The van der Waals surface area contributed by atoms with Crippen LogP contribution in [0.25, 0.3) is 11.3 Å². The van der Waals surface area contributed by atoms with Crippen LogP contribution < -0.4 is 0 Å². The molecule has 0 fully saturated rings. The molecule has 0 bridgehead atoms. The van der Waals surface area contributed by atoms with Crippen LogP contribution in [-0.2, 0) is 10.5 Å². The topological polar surface area (TPSA) is 63.3 Å². The Bertz CT molecular complexity index is 556. The highest BCUT2D eigenvalue weighted by atomic mass is 35.5. The lowest BCUT2D eigenvalue weighted by atomic mass is 10.2. The third kappa shape index (κ3) is 3.51. The third-order valence-electron chi connectivity index (χ3n) is 2.11. The average molecular weight is 284 g/mol. The third-order valence-corrected chi connectivity index (χ3v) is 3.25. The fourth-order valence-electron chi connectivity index (χ4n) is 1.38. The summed E-state index contributed by atoms with van der Waals surface area (Å²) in [6.07, 6.45) is 1.61. The first kappa shape index (κ1) is 13.0. The largest absolute Gasteiger partial charge is 0.481 e. The molecule has 1 aromatic carbocycles.